The Morgan fingerprint density at radius 1 is 1.18 bits per heavy atom. The van der Waals surface area contributed by atoms with E-state index in [2.05, 4.69) is 40.9 Å². The molecule has 4 heterocycles. The molecule has 2 aliphatic heterocycles. The molecule has 1 aromatic carbocycles. The number of aromatic nitrogens is 3. The predicted octanol–water partition coefficient (Wildman–Crippen LogP) is 4.47. The van der Waals surface area contributed by atoms with Crippen LogP contribution in [-0.4, -0.2) is 57.4 Å². The number of carbonyl (C=O) groups excluding carboxylic acids is 1. The van der Waals surface area contributed by atoms with Gasteiger partial charge in [0.25, 0.3) is 5.56 Å². The number of anilines is 3. The number of carbonyl (C=O) groups is 1. The van der Waals surface area contributed by atoms with Crippen molar-refractivity contribution >= 4 is 34.1 Å². The topological polar surface area (TPSA) is 83.4 Å². The van der Waals surface area contributed by atoms with Crippen LogP contribution in [0.1, 0.15) is 56.5 Å². The lowest BCUT2D eigenvalue weighted by Crippen LogP contribution is -2.73. The summed E-state index contributed by atoms with van der Waals surface area (Å²) >= 11 is 0. The molecule has 0 radical (unpaired) electrons. The molecule has 2 saturated heterocycles. The Kier molecular flexibility index (Phi) is 5.13. The number of ketones is 1. The molecule has 1 atom stereocenters. The summed E-state index contributed by atoms with van der Waals surface area (Å²) in [5.41, 5.74) is 2.26. The Labute approximate surface area is 227 Å². The monoisotopic (exact) mass is 530 g/mol. The molecule has 3 aliphatic carbocycles. The van der Waals surface area contributed by atoms with Gasteiger partial charge in [-0.3, -0.25) is 19.1 Å². The fraction of sp³-hybridized carbons (Fsp3) is 0.533. The summed E-state index contributed by atoms with van der Waals surface area (Å²) in [4.78, 5) is 39.9. The van der Waals surface area contributed by atoms with Crippen molar-refractivity contribution < 1.29 is 9.18 Å². The van der Waals surface area contributed by atoms with E-state index in [-0.39, 0.29) is 28.3 Å². The first-order valence-corrected chi connectivity index (χ1v) is 14.0. The zero-order valence-corrected chi connectivity index (χ0v) is 23.2. The van der Waals surface area contributed by atoms with Crippen molar-refractivity contribution in [2.75, 3.05) is 36.4 Å². The number of pyridine rings is 1. The van der Waals surface area contributed by atoms with E-state index >= 15 is 4.39 Å². The summed E-state index contributed by atoms with van der Waals surface area (Å²) in [6, 6.07) is 5.70. The average molecular weight is 531 g/mol. The maximum absolute atomic E-state index is 15.2. The zero-order valence-electron chi connectivity index (χ0n) is 23.2. The van der Waals surface area contributed by atoms with Gasteiger partial charge in [-0.2, -0.15) is 4.98 Å². The van der Waals surface area contributed by atoms with Crippen molar-refractivity contribution in [3.8, 4) is 0 Å². The van der Waals surface area contributed by atoms with Crippen LogP contribution < -0.4 is 15.8 Å². The van der Waals surface area contributed by atoms with Crippen LogP contribution in [-0.2, 0) is 5.54 Å². The Morgan fingerprint density at radius 2 is 1.90 bits per heavy atom. The largest absolute Gasteiger partial charge is 0.368 e. The molecule has 1 spiro atoms. The van der Waals surface area contributed by atoms with E-state index in [0.29, 0.717) is 57.2 Å². The van der Waals surface area contributed by atoms with E-state index in [1.54, 1.807) is 17.7 Å². The molecule has 0 amide bonds. The van der Waals surface area contributed by atoms with Crippen LogP contribution in [0, 0.1) is 30.0 Å². The molecule has 39 heavy (non-hydrogen) atoms. The number of aryl methyl sites for hydroxylation is 1. The van der Waals surface area contributed by atoms with E-state index in [4.69, 9.17) is 4.98 Å². The van der Waals surface area contributed by atoms with E-state index in [9.17, 15) is 9.59 Å². The minimum atomic E-state index is -0.293. The first-order valence-electron chi connectivity index (χ1n) is 14.0. The summed E-state index contributed by atoms with van der Waals surface area (Å²) in [5, 5.41) is 3.84. The summed E-state index contributed by atoms with van der Waals surface area (Å²) in [7, 11) is 0. The second kappa shape index (κ2) is 8.10. The fourth-order valence-corrected chi connectivity index (χ4v) is 7.56. The number of hydrogen-bond donors (Lipinski definition) is 1. The lowest BCUT2D eigenvalue weighted by Gasteiger charge is -2.68. The number of nitrogens with one attached hydrogen (secondary N) is 1. The number of fused-ring (bicyclic) bond motifs is 1. The summed E-state index contributed by atoms with van der Waals surface area (Å²) in [6.07, 6.45) is 3.52. The molecule has 3 aromatic rings. The molecular formula is C30H35FN6O2. The predicted molar refractivity (Wildman–Crippen MR) is 149 cm³/mol. The Morgan fingerprint density at radius 3 is 2.46 bits per heavy atom. The maximum atomic E-state index is 15.2. The minimum absolute atomic E-state index is 0.216. The van der Waals surface area contributed by atoms with Gasteiger partial charge in [-0.05, 0) is 76.1 Å². The molecule has 5 aliphatic rings. The third-order valence-electron chi connectivity index (χ3n) is 10.2. The van der Waals surface area contributed by atoms with Crippen LogP contribution in [0.5, 0.6) is 0 Å². The smallest absolute Gasteiger partial charge is 0.263 e. The van der Waals surface area contributed by atoms with Crippen LogP contribution in [0.2, 0.25) is 0 Å². The standard InChI is InChI=1S/C30H35FN6O2/c1-16(2)35-12-29(13-35)14-36(15-29)24-7-6-21(8-23(24)31)33-28-32-11-22-17(3)25(19(5)38)27(39)37(26(22)34-28)30-9-20(10-30)18(30)4/h6-8,11,16,18,20H,9-10,12-15H2,1-5H3,(H,32,33,34)/t18-,20?,30?/m1/s1. The number of hydrogen-bond acceptors (Lipinski definition) is 7. The van der Waals surface area contributed by atoms with Gasteiger partial charge >= 0.3 is 0 Å². The maximum Gasteiger partial charge on any atom is 0.263 e. The van der Waals surface area contributed by atoms with Crippen molar-refractivity contribution in [3.05, 3.63) is 51.7 Å². The van der Waals surface area contributed by atoms with Crippen LogP contribution in [0.25, 0.3) is 11.0 Å². The lowest BCUT2D eigenvalue weighted by atomic mass is 9.42. The minimum Gasteiger partial charge on any atom is -0.368 e. The third kappa shape index (κ3) is 3.38. The van der Waals surface area contributed by atoms with Crippen molar-refractivity contribution in [3.63, 3.8) is 0 Å². The quantitative estimate of drug-likeness (QED) is 0.471. The number of nitrogens with zero attached hydrogens (tertiary/aromatic N) is 5. The summed E-state index contributed by atoms with van der Waals surface area (Å²) in [5.74, 6) is 0.755. The molecule has 1 N–H and O–H groups in total. The number of benzene rings is 1. The lowest BCUT2D eigenvalue weighted by molar-refractivity contribution is -0.162. The van der Waals surface area contributed by atoms with Gasteiger partial charge in [0.05, 0.1) is 16.8 Å². The van der Waals surface area contributed by atoms with Gasteiger partial charge in [0.15, 0.2) is 5.78 Å². The van der Waals surface area contributed by atoms with Gasteiger partial charge in [-0.15, -0.1) is 0 Å². The van der Waals surface area contributed by atoms with Crippen LogP contribution in [0.15, 0.2) is 29.2 Å². The van der Waals surface area contributed by atoms with Crippen LogP contribution in [0.3, 0.4) is 0 Å². The van der Waals surface area contributed by atoms with E-state index in [0.717, 1.165) is 39.0 Å². The Bertz CT molecular complexity index is 1590. The molecule has 3 saturated carbocycles. The van der Waals surface area contributed by atoms with Gasteiger partial charge in [0.1, 0.15) is 11.5 Å². The highest BCUT2D eigenvalue weighted by atomic mass is 19.1. The van der Waals surface area contributed by atoms with Crippen LogP contribution >= 0.6 is 0 Å². The number of likely N-dealkylation sites (tertiary alicyclic amines) is 1. The Balaban J connectivity index is 1.17. The molecule has 2 aromatic heterocycles. The van der Waals surface area contributed by atoms with Crippen molar-refractivity contribution in [1.82, 2.24) is 19.4 Å². The van der Waals surface area contributed by atoms with Crippen molar-refractivity contribution in [2.24, 2.45) is 17.3 Å². The molecule has 5 fully saturated rings. The Hall–Kier alpha value is -3.33. The van der Waals surface area contributed by atoms with E-state index < -0.39 is 0 Å². The average Bonchev–Trinajstić information content (AvgIpc) is 2.79. The third-order valence-corrected chi connectivity index (χ3v) is 10.2. The van der Waals surface area contributed by atoms with E-state index in [1.165, 1.54) is 13.0 Å². The van der Waals surface area contributed by atoms with Crippen molar-refractivity contribution in [1.29, 1.82) is 0 Å². The SMILES string of the molecule is CC(=O)c1c(C)c2cnc(Nc3ccc(N4CC5(C4)CN(C(C)C)C5)c(F)c3)nc2n(C23CC(C2)[C@H]3C)c1=O. The van der Waals surface area contributed by atoms with Gasteiger partial charge in [0.2, 0.25) is 5.95 Å². The number of Topliss-reactive ketones (excluding diaryl/α,β-unsaturated/α-hetero) is 1. The number of rotatable bonds is 6. The molecule has 2 bridgehead atoms. The van der Waals surface area contributed by atoms with Gasteiger partial charge in [-0.1, -0.05) is 6.92 Å². The second-order valence-corrected chi connectivity index (χ2v) is 12.8. The highest BCUT2D eigenvalue weighted by Crippen LogP contribution is 2.66. The highest BCUT2D eigenvalue weighted by Gasteiger charge is 2.65. The van der Waals surface area contributed by atoms with Crippen molar-refractivity contribution in [2.45, 2.75) is 59.0 Å². The van der Waals surface area contributed by atoms with Gasteiger partial charge in [-0.25, -0.2) is 9.37 Å². The first kappa shape index (κ1) is 24.7. The summed E-state index contributed by atoms with van der Waals surface area (Å²) < 4.78 is 17.0. The first-order chi connectivity index (χ1) is 18.5. The fourth-order valence-electron chi connectivity index (χ4n) is 7.56. The summed E-state index contributed by atoms with van der Waals surface area (Å²) in [6.45, 7) is 13.8. The zero-order chi connectivity index (χ0) is 27.4. The number of halogens is 1. The second-order valence-electron chi connectivity index (χ2n) is 12.8. The van der Waals surface area contributed by atoms with Crippen LogP contribution in [0.4, 0.5) is 21.7 Å². The normalized spacial score (nSPS) is 26.7. The highest BCUT2D eigenvalue weighted by molar-refractivity contribution is 5.99. The molecule has 204 valence electrons. The molecule has 0 unspecified atom stereocenters. The van der Waals surface area contributed by atoms with E-state index in [1.807, 2.05) is 12.1 Å². The van der Waals surface area contributed by atoms with Gasteiger partial charge < -0.3 is 10.2 Å². The van der Waals surface area contributed by atoms with Gasteiger partial charge in [0, 0.05) is 54.9 Å². The molecule has 8 nitrogen and oxygen atoms in total. The molecular weight excluding hydrogens is 495 g/mol. The molecule has 9 heteroatoms. The molecule has 8 rings (SSSR count).